The molecule has 0 spiro atoms. The fourth-order valence-electron chi connectivity index (χ4n) is 3.00. The average Bonchev–Trinajstić information content (AvgIpc) is 2.99. The Morgan fingerprint density at radius 3 is 2.46 bits per heavy atom. The Morgan fingerprint density at radius 2 is 1.88 bits per heavy atom. The number of nitrogens with zero attached hydrogens (tertiary/aromatic N) is 4. The number of rotatable bonds is 4. The highest BCUT2D eigenvalue weighted by atomic mass is 32.2. The van der Waals surface area contributed by atoms with Crippen LogP contribution >= 0.6 is 0 Å². The van der Waals surface area contributed by atoms with Crippen LogP contribution in [0.1, 0.15) is 44.4 Å². The molecule has 0 amide bonds. The van der Waals surface area contributed by atoms with E-state index >= 15 is 0 Å². The molecular weight excluding hydrogens is 328 g/mol. The molecule has 3 rings (SSSR count). The van der Waals surface area contributed by atoms with Crippen LogP contribution in [0.3, 0.4) is 0 Å². The Labute approximate surface area is 142 Å². The molecule has 0 aliphatic carbocycles. The molecule has 1 aromatic carbocycles. The first-order chi connectivity index (χ1) is 11.3. The Hall–Kier alpha value is -1.93. The highest BCUT2D eigenvalue weighted by Gasteiger charge is 2.34. The van der Waals surface area contributed by atoms with Crippen molar-refractivity contribution >= 4 is 10.0 Å². The topological polar surface area (TPSA) is 77.3 Å². The molecule has 8 heteroatoms. The minimum atomic E-state index is -3.58. The number of methoxy groups -OCH3 is 1. The van der Waals surface area contributed by atoms with Gasteiger partial charge < -0.3 is 9.30 Å². The van der Waals surface area contributed by atoms with E-state index in [0.717, 1.165) is 5.82 Å². The molecule has 24 heavy (non-hydrogen) atoms. The van der Waals surface area contributed by atoms with Crippen LogP contribution in [0.2, 0.25) is 0 Å². The molecule has 2 heterocycles. The van der Waals surface area contributed by atoms with E-state index in [0.29, 0.717) is 18.1 Å². The van der Waals surface area contributed by atoms with E-state index < -0.39 is 10.0 Å². The minimum absolute atomic E-state index is 0.00540. The van der Waals surface area contributed by atoms with Crippen LogP contribution < -0.4 is 4.74 Å². The first-order valence-corrected chi connectivity index (χ1v) is 9.36. The molecular formula is C16H22N4O3S. The Kier molecular flexibility index (Phi) is 4.35. The number of sulfonamides is 1. The van der Waals surface area contributed by atoms with Gasteiger partial charge in [0.05, 0.1) is 18.6 Å². The van der Waals surface area contributed by atoms with Gasteiger partial charge in [-0.05, 0) is 31.2 Å². The third kappa shape index (κ3) is 2.80. The molecule has 2 aromatic rings. The number of hydrogen-bond donors (Lipinski definition) is 0. The van der Waals surface area contributed by atoms with Crippen molar-refractivity contribution in [2.45, 2.75) is 44.2 Å². The van der Waals surface area contributed by atoms with Gasteiger partial charge >= 0.3 is 0 Å². The van der Waals surface area contributed by atoms with Crippen LogP contribution in [-0.2, 0) is 16.6 Å². The van der Waals surface area contributed by atoms with Gasteiger partial charge in [-0.3, -0.25) is 0 Å². The third-order valence-electron chi connectivity index (χ3n) is 4.23. The van der Waals surface area contributed by atoms with E-state index in [4.69, 9.17) is 4.74 Å². The summed E-state index contributed by atoms with van der Waals surface area (Å²) >= 11 is 0. The zero-order valence-corrected chi connectivity index (χ0v) is 15.1. The molecule has 7 nitrogen and oxygen atoms in total. The summed E-state index contributed by atoms with van der Waals surface area (Å²) in [5.74, 6) is 2.47. The van der Waals surface area contributed by atoms with E-state index in [1.54, 1.807) is 31.4 Å². The van der Waals surface area contributed by atoms with Crippen molar-refractivity contribution in [3.8, 4) is 5.75 Å². The second-order valence-electron chi connectivity index (χ2n) is 6.32. The molecule has 0 unspecified atom stereocenters. The first kappa shape index (κ1) is 16.9. The van der Waals surface area contributed by atoms with E-state index in [9.17, 15) is 8.42 Å². The Balaban J connectivity index is 1.92. The van der Waals surface area contributed by atoms with Crippen molar-refractivity contribution in [3.63, 3.8) is 0 Å². The quantitative estimate of drug-likeness (QED) is 0.844. The van der Waals surface area contributed by atoms with Crippen LogP contribution in [0.25, 0.3) is 0 Å². The molecule has 0 fully saturated rings. The smallest absolute Gasteiger partial charge is 0.243 e. The van der Waals surface area contributed by atoms with Gasteiger partial charge in [0.2, 0.25) is 10.0 Å². The van der Waals surface area contributed by atoms with Gasteiger partial charge in [0.15, 0.2) is 0 Å². The summed E-state index contributed by atoms with van der Waals surface area (Å²) in [4.78, 5) is 0.257. The van der Waals surface area contributed by atoms with Gasteiger partial charge in [-0.1, -0.05) is 13.8 Å². The lowest BCUT2D eigenvalue weighted by Gasteiger charge is -2.32. The van der Waals surface area contributed by atoms with Gasteiger partial charge in [-0.2, -0.15) is 4.31 Å². The van der Waals surface area contributed by atoms with Crippen LogP contribution in [0, 0.1) is 0 Å². The predicted molar refractivity (Wildman–Crippen MR) is 89.4 cm³/mol. The third-order valence-corrected chi connectivity index (χ3v) is 6.06. The van der Waals surface area contributed by atoms with Crippen LogP contribution in [0.15, 0.2) is 29.2 Å². The van der Waals surface area contributed by atoms with Crippen molar-refractivity contribution in [2.24, 2.45) is 0 Å². The van der Waals surface area contributed by atoms with Crippen LogP contribution in [0.4, 0.5) is 0 Å². The summed E-state index contributed by atoms with van der Waals surface area (Å²) in [6, 6.07) is 6.43. The fourth-order valence-corrected chi connectivity index (χ4v) is 4.47. The summed E-state index contributed by atoms with van der Waals surface area (Å²) < 4.78 is 34.4. The number of aromatic nitrogens is 3. The van der Waals surface area contributed by atoms with Gasteiger partial charge in [0, 0.05) is 18.5 Å². The summed E-state index contributed by atoms with van der Waals surface area (Å²) in [7, 11) is -2.03. The number of ether oxygens (including phenoxy) is 1. The number of benzene rings is 1. The average molecular weight is 350 g/mol. The number of fused-ring (bicyclic) bond motifs is 1. The largest absolute Gasteiger partial charge is 0.497 e. The fraction of sp³-hybridized carbons (Fsp3) is 0.500. The summed E-state index contributed by atoms with van der Waals surface area (Å²) in [5, 5.41) is 8.43. The van der Waals surface area contributed by atoms with Gasteiger partial charge in [-0.15, -0.1) is 10.2 Å². The summed E-state index contributed by atoms with van der Waals surface area (Å²) in [6.07, 6.45) is 0. The van der Waals surface area contributed by atoms with Crippen LogP contribution in [0.5, 0.6) is 5.75 Å². The van der Waals surface area contributed by atoms with E-state index in [1.807, 2.05) is 6.92 Å². The standard InChI is InChI=1S/C16H22N4O3S/c1-11(2)16-18-17-15-10-19(9-12(3)20(15)16)24(21,22)14-7-5-13(23-4)6-8-14/h5-8,11-12H,9-10H2,1-4H3/t12-/m0/s1. The van der Waals surface area contributed by atoms with Crippen molar-refractivity contribution in [1.82, 2.24) is 19.1 Å². The zero-order valence-electron chi connectivity index (χ0n) is 14.3. The van der Waals surface area contributed by atoms with Crippen LogP contribution in [-0.4, -0.2) is 41.1 Å². The summed E-state index contributed by atoms with van der Waals surface area (Å²) in [5.41, 5.74) is 0. The molecule has 130 valence electrons. The monoisotopic (exact) mass is 350 g/mol. The molecule has 1 aromatic heterocycles. The Bertz CT molecular complexity index is 828. The lowest BCUT2D eigenvalue weighted by molar-refractivity contribution is 0.285. The van der Waals surface area contributed by atoms with Crippen molar-refractivity contribution < 1.29 is 13.2 Å². The zero-order chi connectivity index (χ0) is 17.5. The maximum absolute atomic E-state index is 12.9. The Morgan fingerprint density at radius 1 is 1.21 bits per heavy atom. The highest BCUT2D eigenvalue weighted by Crippen LogP contribution is 2.29. The summed E-state index contributed by atoms with van der Waals surface area (Å²) in [6.45, 7) is 6.75. The normalized spacial score (nSPS) is 18.6. The maximum Gasteiger partial charge on any atom is 0.243 e. The van der Waals surface area contributed by atoms with Gasteiger partial charge in [-0.25, -0.2) is 8.42 Å². The van der Waals surface area contributed by atoms with Crippen molar-refractivity contribution in [1.29, 1.82) is 0 Å². The maximum atomic E-state index is 12.9. The van der Waals surface area contributed by atoms with Gasteiger partial charge in [0.25, 0.3) is 0 Å². The SMILES string of the molecule is COc1ccc(S(=O)(=O)N2Cc3nnc(C(C)C)n3[C@@H](C)C2)cc1. The molecule has 1 aliphatic rings. The highest BCUT2D eigenvalue weighted by molar-refractivity contribution is 7.89. The lowest BCUT2D eigenvalue weighted by Crippen LogP contribution is -2.40. The van der Waals surface area contributed by atoms with Gasteiger partial charge in [0.1, 0.15) is 17.4 Å². The first-order valence-electron chi connectivity index (χ1n) is 7.92. The number of hydrogen-bond acceptors (Lipinski definition) is 5. The van der Waals surface area contributed by atoms with Crippen molar-refractivity contribution in [2.75, 3.05) is 13.7 Å². The predicted octanol–water partition coefficient (Wildman–Crippen LogP) is 2.18. The molecule has 0 saturated carbocycles. The lowest BCUT2D eigenvalue weighted by atomic mass is 10.1. The minimum Gasteiger partial charge on any atom is -0.497 e. The second kappa shape index (κ2) is 6.18. The molecule has 1 aliphatic heterocycles. The van der Waals surface area contributed by atoms with Crippen molar-refractivity contribution in [3.05, 3.63) is 35.9 Å². The van der Waals surface area contributed by atoms with E-state index in [-0.39, 0.29) is 23.4 Å². The second-order valence-corrected chi connectivity index (χ2v) is 8.26. The van der Waals surface area contributed by atoms with E-state index in [2.05, 4.69) is 28.6 Å². The molecule has 0 N–H and O–H groups in total. The molecule has 0 radical (unpaired) electrons. The molecule has 1 atom stereocenters. The van der Waals surface area contributed by atoms with E-state index in [1.165, 1.54) is 4.31 Å². The molecule has 0 saturated heterocycles. The molecule has 0 bridgehead atoms.